The van der Waals surface area contributed by atoms with Crippen molar-refractivity contribution >= 4 is 12.2 Å². The maximum Gasteiger partial charge on any atom is 0.0479 e. The summed E-state index contributed by atoms with van der Waals surface area (Å²) < 4.78 is 0. The number of allylic oxidation sites excluding steroid dienone is 1. The third-order valence-corrected chi connectivity index (χ3v) is 8.03. The lowest BCUT2D eigenvalue weighted by atomic mass is 9.88. The first kappa shape index (κ1) is 27.4. The Kier molecular flexibility index (Phi) is 10.4. The van der Waals surface area contributed by atoms with Crippen molar-refractivity contribution in [3.8, 4) is 0 Å². The largest absolute Gasteiger partial charge is 0.297 e. The lowest BCUT2D eigenvalue weighted by Crippen LogP contribution is -2.53. The predicted molar refractivity (Wildman–Crippen MR) is 155 cm³/mol. The number of benzene rings is 2. The normalized spacial score (nSPS) is 19.3. The summed E-state index contributed by atoms with van der Waals surface area (Å²) in [5, 5.41) is 0. The van der Waals surface area contributed by atoms with E-state index in [1.165, 1.54) is 64.8 Å². The molecule has 190 valence electrons. The van der Waals surface area contributed by atoms with Crippen molar-refractivity contribution < 1.29 is 0 Å². The molecular formula is C33H48N2. The van der Waals surface area contributed by atoms with Crippen LogP contribution in [0.2, 0.25) is 0 Å². The first-order valence-electron chi connectivity index (χ1n) is 14.0. The molecule has 2 heteroatoms. The van der Waals surface area contributed by atoms with Crippen LogP contribution in [0.4, 0.5) is 0 Å². The molecule has 1 unspecified atom stereocenters. The van der Waals surface area contributed by atoms with E-state index in [-0.39, 0.29) is 0 Å². The number of hydrogen-bond donors (Lipinski definition) is 0. The standard InChI is InChI=1S/C31H42N2.C2H6/c1-6-9-13-29-24(5)23(4)20-26(8-3)30(29)21-33-19-18-32(28-11-10-12-28)22-31(33)27-16-14-25(7-2)15-17-27;1-2/h7,9,13-17,20,28,31H,2,6,8,10-12,18-19,21-22H2,1,3-5H3;1-2H3/b13-9-;. The van der Waals surface area contributed by atoms with Gasteiger partial charge in [-0.2, -0.15) is 0 Å². The van der Waals surface area contributed by atoms with Crippen LogP contribution in [0, 0.1) is 13.8 Å². The summed E-state index contributed by atoms with van der Waals surface area (Å²) >= 11 is 0. The molecule has 1 saturated carbocycles. The van der Waals surface area contributed by atoms with Crippen LogP contribution in [-0.4, -0.2) is 35.5 Å². The van der Waals surface area contributed by atoms with Crippen LogP contribution in [-0.2, 0) is 13.0 Å². The van der Waals surface area contributed by atoms with Crippen LogP contribution in [0.3, 0.4) is 0 Å². The van der Waals surface area contributed by atoms with Crippen LogP contribution >= 0.6 is 0 Å². The van der Waals surface area contributed by atoms with Gasteiger partial charge >= 0.3 is 0 Å². The molecule has 1 saturated heterocycles. The molecule has 0 bridgehead atoms. The highest BCUT2D eigenvalue weighted by Gasteiger charge is 2.34. The zero-order valence-electron chi connectivity index (χ0n) is 23.2. The maximum atomic E-state index is 3.94. The third kappa shape index (κ3) is 6.35. The highest BCUT2D eigenvalue weighted by atomic mass is 15.3. The molecule has 1 aliphatic carbocycles. The minimum absolute atomic E-state index is 0.438. The second kappa shape index (κ2) is 13.2. The molecular weight excluding hydrogens is 424 g/mol. The van der Waals surface area contributed by atoms with Crippen LogP contribution < -0.4 is 0 Å². The Morgan fingerprint density at radius 3 is 2.31 bits per heavy atom. The van der Waals surface area contributed by atoms with Crippen molar-refractivity contribution in [2.45, 2.75) is 92.3 Å². The molecule has 2 fully saturated rings. The summed E-state index contributed by atoms with van der Waals surface area (Å²) in [7, 11) is 0. The van der Waals surface area contributed by atoms with Gasteiger partial charge in [0.2, 0.25) is 0 Å². The molecule has 2 aliphatic rings. The number of hydrogen-bond acceptors (Lipinski definition) is 2. The van der Waals surface area contributed by atoms with Gasteiger partial charge in [-0.25, -0.2) is 0 Å². The van der Waals surface area contributed by atoms with E-state index in [4.69, 9.17) is 0 Å². The SMILES string of the molecule is C=Cc1ccc(C2CN(C3CCC3)CCN2Cc2c(CC)cc(C)c(C)c2/C=C\CC)cc1.CC. The van der Waals surface area contributed by atoms with Gasteiger partial charge in [0.25, 0.3) is 0 Å². The van der Waals surface area contributed by atoms with Crippen molar-refractivity contribution in [1.82, 2.24) is 9.80 Å². The van der Waals surface area contributed by atoms with Gasteiger partial charge in [0, 0.05) is 38.3 Å². The molecule has 2 nitrogen and oxygen atoms in total. The Balaban J connectivity index is 0.00000167. The first-order valence-corrected chi connectivity index (χ1v) is 14.0. The summed E-state index contributed by atoms with van der Waals surface area (Å²) in [6, 6.07) is 12.8. The minimum Gasteiger partial charge on any atom is -0.297 e. The Bertz CT molecular complexity index is 981. The molecule has 0 radical (unpaired) electrons. The van der Waals surface area contributed by atoms with Crippen molar-refractivity contribution in [2.24, 2.45) is 0 Å². The summed E-state index contributed by atoms with van der Waals surface area (Å²) in [5.41, 5.74) is 10.00. The van der Waals surface area contributed by atoms with Crippen LogP contribution in [0.15, 0.2) is 43.0 Å². The van der Waals surface area contributed by atoms with Crippen molar-refractivity contribution in [1.29, 1.82) is 0 Å². The Labute approximate surface area is 215 Å². The zero-order valence-corrected chi connectivity index (χ0v) is 23.2. The van der Waals surface area contributed by atoms with Gasteiger partial charge in [-0.15, -0.1) is 0 Å². The molecule has 1 aliphatic heterocycles. The second-order valence-electron chi connectivity index (χ2n) is 9.97. The van der Waals surface area contributed by atoms with Gasteiger partial charge in [-0.1, -0.05) is 89.3 Å². The van der Waals surface area contributed by atoms with E-state index in [0.717, 1.165) is 38.5 Å². The van der Waals surface area contributed by atoms with Gasteiger partial charge in [-0.3, -0.25) is 9.80 Å². The Morgan fingerprint density at radius 1 is 1.03 bits per heavy atom. The predicted octanol–water partition coefficient (Wildman–Crippen LogP) is 8.37. The van der Waals surface area contributed by atoms with E-state index in [2.05, 4.69) is 86.6 Å². The lowest BCUT2D eigenvalue weighted by molar-refractivity contribution is 0.0187. The fourth-order valence-corrected chi connectivity index (χ4v) is 5.52. The van der Waals surface area contributed by atoms with Gasteiger partial charge in [0.1, 0.15) is 0 Å². The smallest absolute Gasteiger partial charge is 0.0479 e. The van der Waals surface area contributed by atoms with Gasteiger partial charge in [0.05, 0.1) is 0 Å². The fraction of sp³-hybridized carbons (Fsp3) is 0.515. The van der Waals surface area contributed by atoms with Crippen LogP contribution in [0.25, 0.3) is 12.2 Å². The average molecular weight is 473 g/mol. The van der Waals surface area contributed by atoms with Crippen molar-refractivity contribution in [3.63, 3.8) is 0 Å². The van der Waals surface area contributed by atoms with E-state index in [1.807, 2.05) is 19.9 Å². The number of nitrogens with zero attached hydrogens (tertiary/aromatic N) is 2. The first-order chi connectivity index (χ1) is 17.0. The molecule has 1 atom stereocenters. The minimum atomic E-state index is 0.438. The van der Waals surface area contributed by atoms with Gasteiger partial charge < -0.3 is 0 Å². The van der Waals surface area contributed by atoms with E-state index in [1.54, 1.807) is 0 Å². The summed E-state index contributed by atoms with van der Waals surface area (Å²) in [6.45, 7) is 21.5. The number of rotatable bonds is 8. The zero-order chi connectivity index (χ0) is 25.4. The van der Waals surface area contributed by atoms with Gasteiger partial charge in [0.15, 0.2) is 0 Å². The van der Waals surface area contributed by atoms with Gasteiger partial charge in [-0.05, 0) is 78.5 Å². The molecule has 4 rings (SSSR count). The van der Waals surface area contributed by atoms with Crippen LogP contribution in [0.1, 0.15) is 98.4 Å². The lowest BCUT2D eigenvalue weighted by Gasteiger charge is -2.47. The molecule has 1 heterocycles. The summed E-state index contributed by atoms with van der Waals surface area (Å²) in [6.07, 6.45) is 13.0. The molecule has 0 spiro atoms. The Morgan fingerprint density at radius 2 is 1.74 bits per heavy atom. The quantitative estimate of drug-likeness (QED) is 0.381. The van der Waals surface area contributed by atoms with E-state index >= 15 is 0 Å². The Hall–Kier alpha value is -2.16. The van der Waals surface area contributed by atoms with Crippen molar-refractivity contribution in [2.75, 3.05) is 19.6 Å². The molecule has 0 N–H and O–H groups in total. The monoisotopic (exact) mass is 472 g/mol. The topological polar surface area (TPSA) is 6.48 Å². The molecule has 0 amide bonds. The van der Waals surface area contributed by atoms with Crippen LogP contribution in [0.5, 0.6) is 0 Å². The van der Waals surface area contributed by atoms with E-state index in [9.17, 15) is 0 Å². The van der Waals surface area contributed by atoms with Crippen molar-refractivity contribution in [3.05, 3.63) is 81.9 Å². The molecule has 2 aromatic rings. The summed E-state index contributed by atoms with van der Waals surface area (Å²) in [5.74, 6) is 0. The third-order valence-electron chi connectivity index (χ3n) is 8.03. The number of piperazine rings is 1. The highest BCUT2D eigenvalue weighted by molar-refractivity contribution is 5.62. The highest BCUT2D eigenvalue weighted by Crippen LogP contribution is 2.35. The second-order valence-corrected chi connectivity index (χ2v) is 9.97. The molecule has 35 heavy (non-hydrogen) atoms. The summed E-state index contributed by atoms with van der Waals surface area (Å²) in [4.78, 5) is 5.52. The average Bonchev–Trinajstić information content (AvgIpc) is 2.87. The fourth-order valence-electron chi connectivity index (χ4n) is 5.52. The maximum absolute atomic E-state index is 3.94. The van der Waals surface area contributed by atoms with E-state index in [0.29, 0.717) is 6.04 Å². The van der Waals surface area contributed by atoms with E-state index < -0.39 is 0 Å². The molecule has 2 aromatic carbocycles. The number of aryl methyl sites for hydroxylation is 2. The molecule has 0 aromatic heterocycles.